The Morgan fingerprint density at radius 2 is 0.982 bits per heavy atom. The van der Waals surface area contributed by atoms with Crippen LogP contribution >= 0.6 is 58.0 Å². The molecule has 0 saturated heterocycles. The van der Waals surface area contributed by atoms with Crippen molar-refractivity contribution in [1.29, 1.82) is 0 Å². The van der Waals surface area contributed by atoms with Gasteiger partial charge in [0, 0.05) is 75.2 Å². The first kappa shape index (κ1) is 46.6. The van der Waals surface area contributed by atoms with E-state index in [2.05, 4.69) is 26.6 Å². The molecular formula is C37H34Cl5F3N6O6. The lowest BCUT2D eigenvalue weighted by Crippen LogP contribution is -2.28. The van der Waals surface area contributed by atoms with Crippen molar-refractivity contribution in [3.05, 3.63) is 148 Å². The van der Waals surface area contributed by atoms with Gasteiger partial charge in [-0.15, -0.1) is 11.6 Å². The Hall–Kier alpha value is -4.80. The van der Waals surface area contributed by atoms with Crippen molar-refractivity contribution in [1.82, 2.24) is 29.7 Å². The molecule has 0 aromatic carbocycles. The molecule has 12 nitrogen and oxygen atoms in total. The number of cyclic esters (lactones) is 3. The summed E-state index contributed by atoms with van der Waals surface area (Å²) in [6.45, 7) is 1.52. The number of alkyl halides is 3. The number of esters is 3. The summed E-state index contributed by atoms with van der Waals surface area (Å²) in [5.74, 6) is -1.27. The average Bonchev–Trinajstić information content (AvgIpc) is 3.96. The molecule has 0 radical (unpaired) electrons. The minimum atomic E-state index is -1.53. The highest BCUT2D eigenvalue weighted by atomic mass is 35.5. The number of carbonyl (C=O) groups is 3. The van der Waals surface area contributed by atoms with Crippen LogP contribution in [-0.4, -0.2) is 85.9 Å². The Kier molecular flexibility index (Phi) is 20.2. The van der Waals surface area contributed by atoms with Crippen molar-refractivity contribution in [2.24, 2.45) is 0 Å². The number of hydrogen-bond acceptors (Lipinski definition) is 12. The predicted molar refractivity (Wildman–Crippen MR) is 209 cm³/mol. The zero-order valence-corrected chi connectivity index (χ0v) is 33.7. The Labute approximate surface area is 351 Å². The van der Waals surface area contributed by atoms with Crippen LogP contribution in [0.25, 0.3) is 0 Å². The van der Waals surface area contributed by atoms with Gasteiger partial charge in [0.2, 0.25) is 0 Å². The summed E-state index contributed by atoms with van der Waals surface area (Å²) in [4.78, 5) is 49.7. The van der Waals surface area contributed by atoms with E-state index in [0.29, 0.717) is 64.8 Å². The van der Waals surface area contributed by atoms with E-state index in [1.54, 1.807) is 69.7 Å². The molecule has 0 saturated carbocycles. The monoisotopic (exact) mass is 890 g/mol. The van der Waals surface area contributed by atoms with Gasteiger partial charge >= 0.3 is 17.9 Å². The van der Waals surface area contributed by atoms with E-state index in [9.17, 15) is 27.6 Å². The predicted octanol–water partition coefficient (Wildman–Crippen LogP) is 8.20. The molecule has 20 heteroatoms. The standard InChI is InChI=1S/C12H11Cl2FN2O2.2C12H10ClFN2O2.CH3Cl/c13-10(15)6-17(9-3-12(18)19-7-9)5-8-1-2-11(14)16-4-8;2*13-11-2-1-9(6-15-11)7-16(4-3-14)10-5-12(17)18-8-10;1-2/h1-4,10H,5-7H2;2*1-6H,7-8H2;1H3/b;4-3+;4-3-;. The van der Waals surface area contributed by atoms with Crippen molar-refractivity contribution in [2.75, 3.05) is 32.7 Å². The van der Waals surface area contributed by atoms with E-state index in [1.165, 1.54) is 37.0 Å². The maximum Gasteiger partial charge on any atom is 0.333 e. The fourth-order valence-corrected chi connectivity index (χ4v) is 5.31. The smallest absolute Gasteiger partial charge is 0.333 e. The fourth-order valence-electron chi connectivity index (χ4n) is 4.81. The molecule has 0 spiro atoms. The molecule has 57 heavy (non-hydrogen) atoms. The average molecular weight is 893 g/mol. The Morgan fingerprint density at radius 1 is 0.632 bits per heavy atom. The molecule has 3 aromatic rings. The van der Waals surface area contributed by atoms with E-state index in [1.807, 2.05) is 0 Å². The van der Waals surface area contributed by atoms with Gasteiger partial charge in [0.15, 0.2) is 5.63 Å². The molecule has 6 heterocycles. The SMILES string of the molecule is CCl.O=C1C=C(N(/C=C/F)Cc2ccc(Cl)nc2)CO1.O=C1C=C(N(/C=C\F)Cc2ccc(Cl)nc2)CO1.O=C1C=C(N(Cc2ccc(Cl)nc2)CC(F)Cl)CO1. The maximum atomic E-state index is 13.0. The molecule has 1 atom stereocenters. The summed E-state index contributed by atoms with van der Waals surface area (Å²) in [5, 5.41) is 1.17. The van der Waals surface area contributed by atoms with Crippen molar-refractivity contribution >= 4 is 75.9 Å². The number of hydrogen-bond donors (Lipinski definition) is 0. The zero-order valence-electron chi connectivity index (χ0n) is 29.9. The molecule has 3 aliphatic heterocycles. The molecule has 6 rings (SSSR count). The van der Waals surface area contributed by atoms with E-state index in [-0.39, 0.29) is 26.4 Å². The number of pyridine rings is 3. The molecule has 3 aromatic heterocycles. The van der Waals surface area contributed by atoms with Gasteiger partial charge in [-0.2, -0.15) is 0 Å². The summed E-state index contributed by atoms with van der Waals surface area (Å²) in [6, 6.07) is 10.3. The molecule has 304 valence electrons. The van der Waals surface area contributed by atoms with Crippen LogP contribution in [0.5, 0.6) is 0 Å². The van der Waals surface area contributed by atoms with Gasteiger partial charge in [0.1, 0.15) is 47.9 Å². The number of carbonyl (C=O) groups excluding carboxylic acids is 3. The number of rotatable bonds is 13. The van der Waals surface area contributed by atoms with Gasteiger partial charge in [0.05, 0.1) is 23.6 Å². The molecule has 1 unspecified atom stereocenters. The summed E-state index contributed by atoms with van der Waals surface area (Å²) >= 11 is 27.1. The van der Waals surface area contributed by atoms with Crippen molar-refractivity contribution in [3.63, 3.8) is 0 Å². The van der Waals surface area contributed by atoms with Crippen molar-refractivity contribution in [3.8, 4) is 0 Å². The van der Waals surface area contributed by atoms with Crippen LogP contribution in [-0.2, 0) is 48.2 Å². The molecule has 3 aliphatic rings. The van der Waals surface area contributed by atoms with E-state index >= 15 is 0 Å². The van der Waals surface area contributed by atoms with Gasteiger partial charge in [-0.05, 0) is 34.9 Å². The lowest BCUT2D eigenvalue weighted by Gasteiger charge is -2.24. The number of aromatic nitrogens is 3. The highest BCUT2D eigenvalue weighted by molar-refractivity contribution is 6.29. The molecule has 0 aliphatic carbocycles. The van der Waals surface area contributed by atoms with Crippen LogP contribution in [0, 0.1) is 0 Å². The van der Waals surface area contributed by atoms with E-state index in [4.69, 9.17) is 60.6 Å². The highest BCUT2D eigenvalue weighted by Crippen LogP contribution is 2.20. The Balaban J connectivity index is 0.000000224. The van der Waals surface area contributed by atoms with Crippen molar-refractivity contribution < 1.29 is 41.8 Å². The minimum Gasteiger partial charge on any atom is -0.456 e. The molecule has 0 fully saturated rings. The van der Waals surface area contributed by atoms with Crippen LogP contribution in [0.3, 0.4) is 0 Å². The highest BCUT2D eigenvalue weighted by Gasteiger charge is 2.22. The Bertz CT molecular complexity index is 1840. The van der Waals surface area contributed by atoms with Crippen LogP contribution in [0.2, 0.25) is 15.5 Å². The zero-order chi connectivity index (χ0) is 41.7. The first-order valence-electron chi connectivity index (χ1n) is 16.3. The quantitative estimate of drug-likeness (QED) is 0.0711. The first-order valence-corrected chi connectivity index (χ1v) is 18.7. The van der Waals surface area contributed by atoms with Crippen LogP contribution in [0.4, 0.5) is 13.2 Å². The van der Waals surface area contributed by atoms with Gasteiger partial charge in [-0.1, -0.05) is 64.6 Å². The molecular weight excluding hydrogens is 859 g/mol. The number of nitrogens with zero attached hydrogens (tertiary/aromatic N) is 6. The van der Waals surface area contributed by atoms with Crippen LogP contribution in [0.15, 0.2) is 115 Å². The maximum absolute atomic E-state index is 13.0. The minimum absolute atomic E-state index is 0.0351. The summed E-state index contributed by atoms with van der Waals surface area (Å²) < 4.78 is 52.1. The normalized spacial score (nSPS) is 14.8. The lowest BCUT2D eigenvalue weighted by molar-refractivity contribution is -0.135. The first-order chi connectivity index (χ1) is 27.4. The largest absolute Gasteiger partial charge is 0.456 e. The molecule has 0 bridgehead atoms. The summed E-state index contributed by atoms with van der Waals surface area (Å²) in [6.07, 6.45) is 13.6. The number of halogens is 8. The summed E-state index contributed by atoms with van der Waals surface area (Å²) in [5.41, 5.74) is 2.80. The topological polar surface area (TPSA) is 127 Å². The lowest BCUT2D eigenvalue weighted by atomic mass is 10.2. The number of ether oxygens (including phenoxy) is 3. The molecule has 0 N–H and O–H groups in total. The Morgan fingerprint density at radius 3 is 1.26 bits per heavy atom. The molecule has 0 amide bonds. The van der Waals surface area contributed by atoms with Gasteiger partial charge < -0.3 is 28.9 Å². The third-order valence-electron chi connectivity index (χ3n) is 7.36. The van der Waals surface area contributed by atoms with E-state index in [0.717, 1.165) is 16.7 Å². The third kappa shape index (κ3) is 16.7. The van der Waals surface area contributed by atoms with E-state index < -0.39 is 23.5 Å². The summed E-state index contributed by atoms with van der Waals surface area (Å²) in [7, 11) is 0. The van der Waals surface area contributed by atoms with Crippen LogP contribution < -0.4 is 0 Å². The van der Waals surface area contributed by atoms with Gasteiger partial charge in [0.25, 0.3) is 0 Å². The van der Waals surface area contributed by atoms with Gasteiger partial charge in [-0.25, -0.2) is 42.5 Å². The van der Waals surface area contributed by atoms with Gasteiger partial charge in [-0.3, -0.25) is 0 Å². The second kappa shape index (κ2) is 24.8. The third-order valence-corrected chi connectivity index (χ3v) is 8.17. The fraction of sp³-hybridized carbons (Fsp3) is 0.243. The second-order valence-corrected chi connectivity index (χ2v) is 12.9. The van der Waals surface area contributed by atoms with Crippen molar-refractivity contribution in [2.45, 2.75) is 25.3 Å². The van der Waals surface area contributed by atoms with Crippen LogP contribution in [0.1, 0.15) is 16.7 Å². The second-order valence-electron chi connectivity index (χ2n) is 11.3.